The van der Waals surface area contributed by atoms with Crippen LogP contribution in [0.4, 0.5) is 34.1 Å². The average molecular weight is 617 g/mol. The van der Waals surface area contributed by atoms with Crippen LogP contribution in [0.3, 0.4) is 0 Å². The van der Waals surface area contributed by atoms with Gasteiger partial charge in [-0.15, -0.1) is 0 Å². The van der Waals surface area contributed by atoms with E-state index in [1.54, 1.807) is 31.2 Å². The molecular weight excluding hydrogens is 589 g/mol. The predicted octanol–water partition coefficient (Wildman–Crippen LogP) is 7.38. The molecule has 2 bridgehead atoms. The summed E-state index contributed by atoms with van der Waals surface area (Å²) in [5.41, 5.74) is 1.34. The Hall–Kier alpha value is -4.32. The first-order valence-electron chi connectivity index (χ1n) is 13.6. The van der Waals surface area contributed by atoms with Crippen molar-refractivity contribution in [3.8, 4) is 11.1 Å². The largest absolute Gasteiger partial charge is 0.453 e. The molecule has 43 heavy (non-hydrogen) atoms. The molecule has 3 amide bonds. The van der Waals surface area contributed by atoms with Crippen molar-refractivity contribution in [1.82, 2.24) is 9.88 Å². The number of amides is 3. The Morgan fingerprint density at radius 1 is 1.14 bits per heavy atom. The number of nitrogens with zero attached hydrogens (tertiary/aromatic N) is 2. The summed E-state index contributed by atoms with van der Waals surface area (Å²) in [6, 6.07) is 7.58. The number of carbonyl (C=O) groups excluding carboxylic acids is 3. The van der Waals surface area contributed by atoms with Crippen molar-refractivity contribution in [2.45, 2.75) is 44.8 Å². The number of hydrogen-bond donors (Lipinski definition) is 2. The molecule has 2 N–H and O–H groups in total. The lowest BCUT2D eigenvalue weighted by Gasteiger charge is -2.38. The third-order valence-corrected chi connectivity index (χ3v) is 7.99. The lowest BCUT2D eigenvalue weighted by atomic mass is 9.92. The third kappa shape index (κ3) is 6.24. The van der Waals surface area contributed by atoms with Crippen LogP contribution in [-0.2, 0) is 14.3 Å². The molecule has 1 saturated heterocycles. The van der Waals surface area contributed by atoms with Gasteiger partial charge in [0.2, 0.25) is 11.9 Å². The fourth-order valence-corrected chi connectivity index (χ4v) is 5.56. The summed E-state index contributed by atoms with van der Waals surface area (Å²) in [4.78, 5) is 43.4. The second-order valence-electron chi connectivity index (χ2n) is 10.4. The number of benzene rings is 2. The number of rotatable bonds is 3. The zero-order valence-electron chi connectivity index (χ0n) is 23.3. The van der Waals surface area contributed by atoms with Gasteiger partial charge in [0, 0.05) is 47.5 Å². The minimum Gasteiger partial charge on any atom is -0.453 e. The number of halogens is 4. The number of ether oxygens (including phenoxy) is 2. The number of carbonyl (C=O) groups is 3. The summed E-state index contributed by atoms with van der Waals surface area (Å²) in [7, 11) is 1.22. The minimum atomic E-state index is -1.22. The van der Waals surface area contributed by atoms with Gasteiger partial charge in [0.25, 0.3) is 0 Å². The van der Waals surface area contributed by atoms with Gasteiger partial charge in [-0.05, 0) is 43.2 Å². The fraction of sp³-hybridized carbons (Fsp3) is 0.333. The lowest BCUT2D eigenvalue weighted by molar-refractivity contribution is -0.119. The molecule has 3 aromatic rings. The number of aromatic nitrogens is 1. The van der Waals surface area contributed by atoms with Gasteiger partial charge in [0.1, 0.15) is 11.9 Å². The van der Waals surface area contributed by atoms with Crippen LogP contribution >= 0.6 is 11.6 Å². The van der Waals surface area contributed by atoms with E-state index in [-0.39, 0.29) is 35.9 Å². The number of fused-ring (bicyclic) bond motifs is 4. The van der Waals surface area contributed by atoms with Gasteiger partial charge >= 0.3 is 12.2 Å². The summed E-state index contributed by atoms with van der Waals surface area (Å²) in [6.07, 6.45) is -0.331. The molecule has 0 radical (unpaired) electrons. The maximum Gasteiger partial charge on any atom is 0.411 e. The van der Waals surface area contributed by atoms with Crippen LogP contribution in [0.15, 0.2) is 42.6 Å². The number of methoxy groups -OCH3 is 1. The molecule has 2 aliphatic rings. The van der Waals surface area contributed by atoms with Crippen LogP contribution in [0.2, 0.25) is 5.02 Å². The van der Waals surface area contributed by atoms with E-state index < -0.39 is 53.4 Å². The van der Waals surface area contributed by atoms with Crippen LogP contribution in [0.5, 0.6) is 0 Å². The quantitative estimate of drug-likeness (QED) is 0.235. The second-order valence-corrected chi connectivity index (χ2v) is 10.8. The van der Waals surface area contributed by atoms with Crippen molar-refractivity contribution in [2.75, 3.05) is 24.3 Å². The highest BCUT2D eigenvalue weighted by atomic mass is 35.5. The summed E-state index contributed by atoms with van der Waals surface area (Å²) >= 11 is 5.84. The SMILES string of the molecule is COC(=O)Nc1ccc2c(c1)NC(=O)C(C)CCC[C@H](N1CC[C@@H](c3c(F)ccc(Cl)c3F)OC1=O)c1cc-2cnc1F. The van der Waals surface area contributed by atoms with Crippen LogP contribution in [0.1, 0.15) is 55.9 Å². The highest BCUT2D eigenvalue weighted by Gasteiger charge is 2.37. The average Bonchev–Trinajstić information content (AvgIpc) is 2.98. The Labute approximate surface area is 250 Å². The summed E-state index contributed by atoms with van der Waals surface area (Å²) in [6.45, 7) is 1.76. The minimum absolute atomic E-state index is 0.0123. The van der Waals surface area contributed by atoms with Gasteiger partial charge in [-0.3, -0.25) is 10.1 Å². The number of pyridine rings is 1. The van der Waals surface area contributed by atoms with Crippen LogP contribution in [-0.4, -0.2) is 41.6 Å². The maximum absolute atomic E-state index is 15.4. The van der Waals surface area contributed by atoms with E-state index in [0.717, 1.165) is 12.1 Å². The number of nitrogens with one attached hydrogen (secondary N) is 2. The van der Waals surface area contributed by atoms with E-state index in [2.05, 4.69) is 20.4 Å². The smallest absolute Gasteiger partial charge is 0.411 e. The van der Waals surface area contributed by atoms with E-state index in [1.165, 1.54) is 18.2 Å². The van der Waals surface area contributed by atoms with Crippen molar-refractivity contribution in [1.29, 1.82) is 0 Å². The van der Waals surface area contributed by atoms with Crippen molar-refractivity contribution in [3.63, 3.8) is 0 Å². The molecule has 1 unspecified atom stereocenters. The molecular formula is C30H28ClF3N4O5. The van der Waals surface area contributed by atoms with E-state index in [9.17, 15) is 23.2 Å². The molecule has 0 spiro atoms. The summed E-state index contributed by atoms with van der Waals surface area (Å²) in [5.74, 6) is -3.40. The molecule has 226 valence electrons. The first kappa shape index (κ1) is 30.1. The highest BCUT2D eigenvalue weighted by Crippen LogP contribution is 2.40. The fourth-order valence-electron chi connectivity index (χ4n) is 5.40. The highest BCUT2D eigenvalue weighted by molar-refractivity contribution is 6.30. The first-order valence-corrected chi connectivity index (χ1v) is 14.0. The maximum atomic E-state index is 15.4. The monoisotopic (exact) mass is 616 g/mol. The number of cyclic esters (lactones) is 1. The van der Waals surface area contributed by atoms with E-state index >= 15 is 4.39 Å². The lowest BCUT2D eigenvalue weighted by Crippen LogP contribution is -2.42. The summed E-state index contributed by atoms with van der Waals surface area (Å²) in [5, 5.41) is 5.14. The number of anilines is 2. The van der Waals surface area contributed by atoms with Crippen LogP contribution < -0.4 is 10.6 Å². The zero-order chi connectivity index (χ0) is 30.8. The topological polar surface area (TPSA) is 110 Å². The zero-order valence-corrected chi connectivity index (χ0v) is 24.0. The van der Waals surface area contributed by atoms with E-state index in [4.69, 9.17) is 16.3 Å². The molecule has 5 rings (SSSR count). The van der Waals surface area contributed by atoms with Gasteiger partial charge < -0.3 is 19.7 Å². The Morgan fingerprint density at radius 2 is 1.93 bits per heavy atom. The van der Waals surface area contributed by atoms with Gasteiger partial charge in [-0.25, -0.2) is 23.4 Å². The molecule has 2 aliphatic heterocycles. The molecule has 0 saturated carbocycles. The van der Waals surface area contributed by atoms with E-state index in [0.29, 0.717) is 35.3 Å². The summed E-state index contributed by atoms with van der Waals surface area (Å²) < 4.78 is 54.7. The molecule has 1 fully saturated rings. The Bertz CT molecular complexity index is 1590. The van der Waals surface area contributed by atoms with Crippen molar-refractivity contribution in [2.24, 2.45) is 5.92 Å². The predicted molar refractivity (Wildman–Crippen MR) is 152 cm³/mol. The van der Waals surface area contributed by atoms with Gasteiger partial charge in [-0.2, -0.15) is 4.39 Å². The molecule has 13 heteroatoms. The Morgan fingerprint density at radius 3 is 2.67 bits per heavy atom. The van der Waals surface area contributed by atoms with Crippen LogP contribution in [0.25, 0.3) is 11.1 Å². The Kier molecular flexibility index (Phi) is 8.77. The van der Waals surface area contributed by atoms with Crippen LogP contribution in [0, 0.1) is 23.5 Å². The molecule has 0 aliphatic carbocycles. The van der Waals surface area contributed by atoms with Gasteiger partial charge in [0.05, 0.1) is 29.4 Å². The molecule has 9 nitrogen and oxygen atoms in total. The number of hydrogen-bond acceptors (Lipinski definition) is 6. The van der Waals surface area contributed by atoms with Gasteiger partial charge in [0.15, 0.2) is 5.82 Å². The molecule has 3 atom stereocenters. The van der Waals surface area contributed by atoms with Crippen molar-refractivity contribution >= 4 is 41.1 Å². The second kappa shape index (κ2) is 12.5. The van der Waals surface area contributed by atoms with Gasteiger partial charge in [-0.1, -0.05) is 31.0 Å². The van der Waals surface area contributed by atoms with Crippen molar-refractivity contribution < 1.29 is 37.0 Å². The molecule has 1 aromatic heterocycles. The van der Waals surface area contributed by atoms with Crippen molar-refractivity contribution in [3.05, 3.63) is 76.3 Å². The standard InChI is InChI=1S/C30H28ClF3N4O5/c1-15-4-3-5-23(38-11-10-24(43-30(38)41)25-21(32)9-8-20(31)26(25)33)19-12-16(14-35-27(19)34)18-7-6-17(36-29(40)42-2)13-22(18)37-28(15)39/h6-9,12-15,23-24H,3-5,10-11H2,1-2H3,(H,36,40)(H,37,39)/t15?,23-,24-/m0/s1. The molecule has 2 aromatic carbocycles. The van der Waals surface area contributed by atoms with E-state index in [1.807, 2.05) is 0 Å². The molecule has 3 heterocycles. The normalized spacial score (nSPS) is 20.6. The first-order chi connectivity index (χ1) is 20.6. The Balaban J connectivity index is 1.51. The third-order valence-electron chi connectivity index (χ3n) is 7.70.